The number of aryl methyl sites for hydroxylation is 1. The van der Waals surface area contributed by atoms with Gasteiger partial charge in [-0.05, 0) is 31.2 Å². The molecular weight excluding hydrogens is 380 g/mol. The van der Waals surface area contributed by atoms with Gasteiger partial charge in [0.1, 0.15) is 9.90 Å². The van der Waals surface area contributed by atoms with Crippen LogP contribution in [0.25, 0.3) is 10.6 Å². The zero-order valence-corrected chi connectivity index (χ0v) is 15.5. The summed E-state index contributed by atoms with van der Waals surface area (Å²) in [7, 11) is -4.04. The number of thiazole rings is 1. The van der Waals surface area contributed by atoms with Crippen LogP contribution >= 0.6 is 22.9 Å². The first-order valence-electron chi connectivity index (χ1n) is 7.21. The molecule has 0 spiro atoms. The van der Waals surface area contributed by atoms with Crippen molar-refractivity contribution in [3.63, 3.8) is 0 Å². The number of benzene rings is 2. The van der Waals surface area contributed by atoms with Crippen LogP contribution in [0.4, 0.5) is 0 Å². The maximum Gasteiger partial charge on any atom is 0.265 e. The largest absolute Gasteiger partial charge is 0.268 e. The normalized spacial score (nSPS) is 11.3. The number of nitrogens with zero attached hydrogens (tertiary/aromatic N) is 1. The maximum atomic E-state index is 12.3. The lowest BCUT2D eigenvalue weighted by Gasteiger charge is -2.08. The van der Waals surface area contributed by atoms with E-state index in [2.05, 4.69) is 4.98 Å². The highest BCUT2D eigenvalue weighted by molar-refractivity contribution is 7.90. The van der Waals surface area contributed by atoms with E-state index in [1.807, 2.05) is 17.0 Å². The van der Waals surface area contributed by atoms with E-state index in [4.69, 9.17) is 11.6 Å². The van der Waals surface area contributed by atoms with Crippen molar-refractivity contribution in [2.75, 3.05) is 0 Å². The Balaban J connectivity index is 1.81. The Hall–Kier alpha value is -2.22. The summed E-state index contributed by atoms with van der Waals surface area (Å²) in [6, 6.07) is 12.5. The molecule has 0 aliphatic rings. The van der Waals surface area contributed by atoms with Crippen LogP contribution in [0.2, 0.25) is 5.02 Å². The third kappa shape index (κ3) is 3.89. The fourth-order valence-electron chi connectivity index (χ4n) is 2.15. The van der Waals surface area contributed by atoms with Gasteiger partial charge in [-0.1, -0.05) is 35.9 Å². The van der Waals surface area contributed by atoms with Crippen LogP contribution in [0.15, 0.2) is 58.8 Å². The Morgan fingerprint density at radius 2 is 1.80 bits per heavy atom. The summed E-state index contributed by atoms with van der Waals surface area (Å²) in [6.07, 6.45) is 0. The summed E-state index contributed by atoms with van der Waals surface area (Å²) in [5, 5.41) is 2.83. The summed E-state index contributed by atoms with van der Waals surface area (Å²) >= 11 is 7.40. The Kier molecular flexibility index (Phi) is 4.89. The molecule has 0 bridgehead atoms. The molecule has 8 heteroatoms. The number of hydrogen-bond acceptors (Lipinski definition) is 5. The van der Waals surface area contributed by atoms with E-state index < -0.39 is 15.9 Å². The van der Waals surface area contributed by atoms with Gasteiger partial charge in [0.25, 0.3) is 15.9 Å². The average molecular weight is 393 g/mol. The summed E-state index contributed by atoms with van der Waals surface area (Å²) in [6.45, 7) is 1.90. The second-order valence-corrected chi connectivity index (χ2v) is 8.15. The van der Waals surface area contributed by atoms with E-state index in [0.29, 0.717) is 0 Å². The minimum atomic E-state index is -4.04. The van der Waals surface area contributed by atoms with Crippen LogP contribution in [0, 0.1) is 6.92 Å². The third-order valence-electron chi connectivity index (χ3n) is 3.37. The van der Waals surface area contributed by atoms with E-state index in [9.17, 15) is 13.2 Å². The third-order valence-corrected chi connectivity index (χ3v) is 6.21. The predicted molar refractivity (Wildman–Crippen MR) is 98.4 cm³/mol. The monoisotopic (exact) mass is 392 g/mol. The molecule has 2 aromatic carbocycles. The number of rotatable bonds is 4. The van der Waals surface area contributed by atoms with Gasteiger partial charge < -0.3 is 0 Å². The minimum Gasteiger partial charge on any atom is -0.268 e. The first-order valence-corrected chi connectivity index (χ1v) is 9.95. The van der Waals surface area contributed by atoms with Crippen LogP contribution in [-0.2, 0) is 10.0 Å². The molecule has 128 valence electrons. The lowest BCUT2D eigenvalue weighted by molar-refractivity contribution is 0.0981. The first-order chi connectivity index (χ1) is 11.9. The molecule has 3 rings (SSSR count). The number of hydrogen-bond donors (Lipinski definition) is 1. The van der Waals surface area contributed by atoms with Crippen LogP contribution in [0.5, 0.6) is 0 Å². The lowest BCUT2D eigenvalue weighted by Crippen LogP contribution is -2.30. The zero-order chi connectivity index (χ0) is 18.0. The van der Waals surface area contributed by atoms with E-state index in [1.165, 1.54) is 29.5 Å². The van der Waals surface area contributed by atoms with Gasteiger partial charge in [-0.2, -0.15) is 0 Å². The molecule has 1 aromatic heterocycles. The second kappa shape index (κ2) is 6.95. The molecule has 25 heavy (non-hydrogen) atoms. The molecule has 0 radical (unpaired) electrons. The number of aromatic nitrogens is 1. The number of carbonyl (C=O) groups is 1. The van der Waals surface area contributed by atoms with Gasteiger partial charge in [0.05, 0.1) is 5.02 Å². The summed E-state index contributed by atoms with van der Waals surface area (Å²) in [5.41, 5.74) is 2.02. The van der Waals surface area contributed by atoms with Crippen molar-refractivity contribution in [3.8, 4) is 10.6 Å². The number of sulfonamides is 1. The molecule has 1 N–H and O–H groups in total. The van der Waals surface area contributed by atoms with E-state index in [1.54, 1.807) is 30.3 Å². The number of halogens is 1. The Labute approximate surface area is 154 Å². The molecule has 0 unspecified atom stereocenters. The Bertz CT molecular complexity index is 1030. The fourth-order valence-corrected chi connectivity index (χ4v) is 4.45. The summed E-state index contributed by atoms with van der Waals surface area (Å²) < 4.78 is 26.6. The lowest BCUT2D eigenvalue weighted by atomic mass is 10.1. The van der Waals surface area contributed by atoms with E-state index >= 15 is 0 Å². The van der Waals surface area contributed by atoms with Gasteiger partial charge in [-0.15, -0.1) is 11.3 Å². The van der Waals surface area contributed by atoms with E-state index in [-0.39, 0.29) is 15.5 Å². The molecule has 0 fully saturated rings. The maximum absolute atomic E-state index is 12.3. The minimum absolute atomic E-state index is 0.0530. The van der Waals surface area contributed by atoms with Crippen LogP contribution < -0.4 is 4.72 Å². The highest BCUT2D eigenvalue weighted by Gasteiger charge is 2.21. The van der Waals surface area contributed by atoms with Crippen molar-refractivity contribution in [1.82, 2.24) is 9.71 Å². The average Bonchev–Trinajstić information content (AvgIpc) is 3.01. The molecule has 1 amide bonds. The van der Waals surface area contributed by atoms with Crippen LogP contribution in [0.1, 0.15) is 16.1 Å². The van der Waals surface area contributed by atoms with Crippen molar-refractivity contribution >= 4 is 38.9 Å². The number of nitrogens with one attached hydrogen (secondary N) is 1. The van der Waals surface area contributed by atoms with Gasteiger partial charge in [-0.3, -0.25) is 4.79 Å². The van der Waals surface area contributed by atoms with Crippen molar-refractivity contribution in [2.24, 2.45) is 0 Å². The Morgan fingerprint density at radius 3 is 2.40 bits per heavy atom. The van der Waals surface area contributed by atoms with Crippen LogP contribution in [-0.4, -0.2) is 19.3 Å². The summed E-state index contributed by atoms with van der Waals surface area (Å²) in [4.78, 5) is 16.5. The van der Waals surface area contributed by atoms with Crippen molar-refractivity contribution in [3.05, 3.63) is 70.2 Å². The summed E-state index contributed by atoms with van der Waals surface area (Å²) in [5.74, 6) is -0.721. The predicted octanol–water partition coefficient (Wildman–Crippen LogP) is 3.89. The topological polar surface area (TPSA) is 76.1 Å². The standard InChI is InChI=1S/C17H13ClN2O3S2/c1-11-10-24-17(19-11)13-8-6-12(7-9-13)16(21)20-25(22,23)15-5-3-2-4-14(15)18/h2-10H,1H3,(H,20,21). The highest BCUT2D eigenvalue weighted by Crippen LogP contribution is 2.24. The number of carbonyl (C=O) groups excluding carboxylic acids is 1. The van der Waals surface area contributed by atoms with Crippen LogP contribution in [0.3, 0.4) is 0 Å². The van der Waals surface area contributed by atoms with Gasteiger partial charge in [0, 0.05) is 22.2 Å². The fraction of sp³-hybridized carbons (Fsp3) is 0.0588. The second-order valence-electron chi connectivity index (χ2n) is 5.24. The van der Waals surface area contributed by atoms with Gasteiger partial charge in [0.2, 0.25) is 0 Å². The molecule has 3 aromatic rings. The quantitative estimate of drug-likeness (QED) is 0.730. The highest BCUT2D eigenvalue weighted by atomic mass is 35.5. The van der Waals surface area contributed by atoms with Gasteiger partial charge >= 0.3 is 0 Å². The molecule has 0 saturated carbocycles. The smallest absolute Gasteiger partial charge is 0.265 e. The number of amides is 1. The van der Waals surface area contributed by atoms with Crippen molar-refractivity contribution in [1.29, 1.82) is 0 Å². The molecular formula is C17H13ClN2O3S2. The molecule has 0 saturated heterocycles. The molecule has 0 atom stereocenters. The molecule has 0 aliphatic carbocycles. The molecule has 1 heterocycles. The van der Waals surface area contributed by atoms with Crippen molar-refractivity contribution < 1.29 is 13.2 Å². The molecule has 0 aliphatic heterocycles. The molecule has 5 nitrogen and oxygen atoms in total. The van der Waals surface area contributed by atoms with Gasteiger partial charge in [-0.25, -0.2) is 18.1 Å². The van der Waals surface area contributed by atoms with E-state index in [0.717, 1.165) is 16.3 Å². The Morgan fingerprint density at radius 1 is 1.12 bits per heavy atom. The first kappa shape index (κ1) is 17.6. The van der Waals surface area contributed by atoms with Gasteiger partial charge in [0.15, 0.2) is 0 Å². The van der Waals surface area contributed by atoms with Crippen molar-refractivity contribution in [2.45, 2.75) is 11.8 Å². The zero-order valence-electron chi connectivity index (χ0n) is 13.1. The SMILES string of the molecule is Cc1csc(-c2ccc(C(=O)NS(=O)(=O)c3ccccc3Cl)cc2)n1.